The molecular formula is C32H32N2O7. The number of aryl methyl sites for hydroxylation is 2. The first-order valence-corrected chi connectivity index (χ1v) is 14.0. The number of likely N-dealkylation sites (tertiary alicyclic amines) is 1. The van der Waals surface area contributed by atoms with Crippen molar-refractivity contribution in [2.24, 2.45) is 29.1 Å². The molecule has 2 heterocycles. The van der Waals surface area contributed by atoms with Gasteiger partial charge in [0.15, 0.2) is 0 Å². The number of aliphatic carboxylic acids is 1. The number of imide groups is 2. The summed E-state index contributed by atoms with van der Waals surface area (Å²) in [6, 6.07) is 12.5. The molecule has 9 heteroatoms. The van der Waals surface area contributed by atoms with Crippen LogP contribution in [0.15, 0.2) is 54.1 Å². The first-order valence-electron chi connectivity index (χ1n) is 14.0. The highest BCUT2D eigenvalue weighted by molar-refractivity contribution is 6.24. The Morgan fingerprint density at radius 2 is 1.63 bits per heavy atom. The molecule has 3 fully saturated rings. The molecule has 0 aromatic heterocycles. The van der Waals surface area contributed by atoms with Crippen molar-refractivity contribution < 1.29 is 34.2 Å². The summed E-state index contributed by atoms with van der Waals surface area (Å²) in [6.07, 6.45) is 2.15. The predicted molar refractivity (Wildman–Crippen MR) is 148 cm³/mol. The topological polar surface area (TPSA) is 132 Å². The highest BCUT2D eigenvalue weighted by Gasteiger charge is 2.67. The number of phenols is 1. The molecule has 4 amide bonds. The monoisotopic (exact) mass is 556 g/mol. The summed E-state index contributed by atoms with van der Waals surface area (Å²) < 4.78 is 0. The van der Waals surface area contributed by atoms with Crippen molar-refractivity contribution in [1.29, 1.82) is 0 Å². The first kappa shape index (κ1) is 26.9. The second-order valence-electron chi connectivity index (χ2n) is 12.0. The van der Waals surface area contributed by atoms with Crippen molar-refractivity contribution in [3.63, 3.8) is 0 Å². The molecule has 0 bridgehead atoms. The minimum Gasteiger partial charge on any atom is -0.507 e. The van der Waals surface area contributed by atoms with Gasteiger partial charge in [-0.1, -0.05) is 42.0 Å². The third kappa shape index (κ3) is 3.78. The van der Waals surface area contributed by atoms with Crippen LogP contribution in [0.4, 0.5) is 5.69 Å². The number of aromatic hydroxyl groups is 1. The molecule has 6 rings (SSSR count). The maximum Gasteiger partial charge on any atom is 0.305 e. The van der Waals surface area contributed by atoms with Gasteiger partial charge < -0.3 is 10.2 Å². The zero-order chi connectivity index (χ0) is 29.4. The zero-order valence-electron chi connectivity index (χ0n) is 23.2. The van der Waals surface area contributed by atoms with E-state index in [1.807, 2.05) is 31.2 Å². The maximum atomic E-state index is 14.4. The number of para-hydroxylation sites is 1. The molecule has 2 saturated heterocycles. The molecule has 2 aromatic carbocycles. The predicted octanol–water partition coefficient (Wildman–Crippen LogP) is 3.71. The summed E-state index contributed by atoms with van der Waals surface area (Å²) in [5.74, 6) is -5.50. The van der Waals surface area contributed by atoms with Crippen LogP contribution < -0.4 is 4.90 Å². The number of hydrogen-bond acceptors (Lipinski definition) is 6. The van der Waals surface area contributed by atoms with Crippen LogP contribution in [0.1, 0.15) is 48.8 Å². The number of phenolic OH excluding ortho intramolecular Hbond substituents is 1. The number of nitrogens with zero attached hydrogens (tertiary/aromatic N) is 2. The third-order valence-electron chi connectivity index (χ3n) is 9.78. The van der Waals surface area contributed by atoms with Crippen LogP contribution in [0.5, 0.6) is 5.75 Å². The fourth-order valence-corrected chi connectivity index (χ4v) is 7.87. The van der Waals surface area contributed by atoms with E-state index in [1.165, 1.54) is 4.90 Å². The summed E-state index contributed by atoms with van der Waals surface area (Å²) in [5.41, 5.74) is 2.23. The fraction of sp³-hybridized carbons (Fsp3) is 0.406. The summed E-state index contributed by atoms with van der Waals surface area (Å²) in [4.78, 5) is 69.0. The van der Waals surface area contributed by atoms with Crippen LogP contribution in [0.3, 0.4) is 0 Å². The van der Waals surface area contributed by atoms with Crippen LogP contribution in [0, 0.1) is 42.9 Å². The standard InChI is InChI=1S/C32H32N2O7/c1-16-13-18(14-17(2)27(16)37)26-20-9-10-21-25(30(40)33(28(21)38)12-11-24(35)36)22(20)15-23-29(39)34(31(41)32(23,26)3)19-7-5-4-6-8-19/h4-9,13-14,21-23,25-26,37H,10-12,15H2,1-3H3,(H,35,36). The van der Waals surface area contributed by atoms with Gasteiger partial charge in [-0.2, -0.15) is 0 Å². The lowest BCUT2D eigenvalue weighted by molar-refractivity contribution is -0.142. The van der Waals surface area contributed by atoms with Gasteiger partial charge in [0.2, 0.25) is 23.6 Å². The first-order chi connectivity index (χ1) is 19.5. The molecular weight excluding hydrogens is 524 g/mol. The molecule has 2 aliphatic carbocycles. The number of carboxylic acid groups (broad SMARTS) is 1. The second-order valence-corrected chi connectivity index (χ2v) is 12.0. The second kappa shape index (κ2) is 9.39. The molecule has 0 spiro atoms. The third-order valence-corrected chi connectivity index (χ3v) is 9.78. The van der Waals surface area contributed by atoms with Crippen molar-refractivity contribution in [2.45, 2.75) is 46.0 Å². The Morgan fingerprint density at radius 3 is 2.27 bits per heavy atom. The van der Waals surface area contributed by atoms with E-state index in [4.69, 9.17) is 5.11 Å². The van der Waals surface area contributed by atoms with Gasteiger partial charge in [-0.05, 0) is 68.4 Å². The van der Waals surface area contributed by atoms with Gasteiger partial charge in [0, 0.05) is 12.5 Å². The van der Waals surface area contributed by atoms with Crippen LogP contribution in [0.2, 0.25) is 0 Å². The average Bonchev–Trinajstić information content (AvgIpc) is 3.30. The van der Waals surface area contributed by atoms with Crippen LogP contribution in [-0.4, -0.2) is 51.3 Å². The average molecular weight is 557 g/mol. The molecule has 2 aliphatic heterocycles. The smallest absolute Gasteiger partial charge is 0.305 e. The molecule has 4 aliphatic rings. The van der Waals surface area contributed by atoms with E-state index in [0.29, 0.717) is 23.2 Å². The Balaban J connectivity index is 1.50. The quantitative estimate of drug-likeness (QED) is 0.424. The van der Waals surface area contributed by atoms with Crippen molar-refractivity contribution >= 4 is 35.3 Å². The van der Waals surface area contributed by atoms with Gasteiger partial charge in [0.1, 0.15) is 5.75 Å². The Hall–Kier alpha value is -4.27. The minimum absolute atomic E-state index is 0.158. The molecule has 41 heavy (non-hydrogen) atoms. The van der Waals surface area contributed by atoms with E-state index in [0.717, 1.165) is 16.0 Å². The molecule has 1 saturated carbocycles. The molecule has 6 atom stereocenters. The number of allylic oxidation sites excluding steroid dienone is 2. The Labute approximate surface area is 237 Å². The van der Waals surface area contributed by atoms with Gasteiger partial charge in [-0.25, -0.2) is 4.90 Å². The van der Waals surface area contributed by atoms with E-state index in [2.05, 4.69) is 0 Å². The molecule has 9 nitrogen and oxygen atoms in total. The Bertz CT molecular complexity index is 1520. The van der Waals surface area contributed by atoms with E-state index in [1.54, 1.807) is 38.1 Å². The van der Waals surface area contributed by atoms with Crippen molar-refractivity contribution in [3.05, 3.63) is 70.8 Å². The molecule has 0 radical (unpaired) electrons. The minimum atomic E-state index is -1.16. The Kier molecular flexibility index (Phi) is 6.17. The number of carbonyl (C=O) groups excluding carboxylic acids is 4. The summed E-state index contributed by atoms with van der Waals surface area (Å²) in [7, 11) is 0. The number of benzene rings is 2. The lowest BCUT2D eigenvalue weighted by Gasteiger charge is -2.49. The van der Waals surface area contributed by atoms with Crippen molar-refractivity contribution in [2.75, 3.05) is 11.4 Å². The highest BCUT2D eigenvalue weighted by atomic mass is 16.4. The van der Waals surface area contributed by atoms with Crippen LogP contribution >= 0.6 is 0 Å². The highest BCUT2D eigenvalue weighted by Crippen LogP contribution is 2.63. The lowest BCUT2D eigenvalue weighted by atomic mass is 9.51. The van der Waals surface area contributed by atoms with Crippen molar-refractivity contribution in [1.82, 2.24) is 4.90 Å². The lowest BCUT2D eigenvalue weighted by Crippen LogP contribution is -2.49. The van der Waals surface area contributed by atoms with Gasteiger partial charge >= 0.3 is 5.97 Å². The van der Waals surface area contributed by atoms with Crippen LogP contribution in [0.25, 0.3) is 0 Å². The SMILES string of the molecule is Cc1cc(C2C3=CCC4C(=O)N(CCC(=O)O)C(=O)C4C3CC3C(=O)N(c4ccccc4)C(=O)C32C)cc(C)c1O. The molecule has 6 unspecified atom stereocenters. The van der Waals surface area contributed by atoms with E-state index in [9.17, 15) is 29.1 Å². The zero-order valence-corrected chi connectivity index (χ0v) is 23.2. The van der Waals surface area contributed by atoms with Gasteiger partial charge in [-0.15, -0.1) is 0 Å². The number of anilines is 1. The maximum absolute atomic E-state index is 14.4. The number of rotatable bonds is 5. The van der Waals surface area contributed by atoms with Gasteiger partial charge in [-0.3, -0.25) is 28.9 Å². The van der Waals surface area contributed by atoms with E-state index < -0.39 is 46.9 Å². The number of carbonyl (C=O) groups is 5. The number of hydrogen-bond donors (Lipinski definition) is 2. The Morgan fingerprint density at radius 1 is 0.976 bits per heavy atom. The van der Waals surface area contributed by atoms with E-state index in [-0.39, 0.29) is 42.9 Å². The van der Waals surface area contributed by atoms with Crippen LogP contribution in [-0.2, 0) is 24.0 Å². The fourth-order valence-electron chi connectivity index (χ4n) is 7.87. The van der Waals surface area contributed by atoms with E-state index >= 15 is 0 Å². The molecule has 2 aromatic rings. The largest absolute Gasteiger partial charge is 0.507 e. The number of carboxylic acids is 1. The van der Waals surface area contributed by atoms with Gasteiger partial charge in [0.25, 0.3) is 0 Å². The van der Waals surface area contributed by atoms with Gasteiger partial charge in [0.05, 0.1) is 35.3 Å². The normalized spacial score (nSPS) is 30.7. The summed E-state index contributed by atoms with van der Waals surface area (Å²) in [5, 5.41) is 19.7. The number of fused-ring (bicyclic) bond motifs is 4. The van der Waals surface area contributed by atoms with Crippen molar-refractivity contribution in [3.8, 4) is 5.75 Å². The summed E-state index contributed by atoms with van der Waals surface area (Å²) in [6.45, 7) is 5.21. The number of amides is 4. The summed E-state index contributed by atoms with van der Waals surface area (Å²) >= 11 is 0. The molecule has 2 N–H and O–H groups in total. The molecule has 212 valence electrons.